The molecule has 0 bridgehead atoms. The first-order valence-electron chi connectivity index (χ1n) is 7.23. The van der Waals surface area contributed by atoms with Gasteiger partial charge in [-0.3, -0.25) is 0 Å². The maximum absolute atomic E-state index is 6.01. The molecule has 0 amide bonds. The Morgan fingerprint density at radius 1 is 1.11 bits per heavy atom. The van der Waals surface area contributed by atoms with Gasteiger partial charge in [0.1, 0.15) is 0 Å². The standard InChI is InChI=1S/C14H27NO2.ClH/c1-16-13-5-2-6-14(10-13)17-9-7-12-4-3-8-15-11-12;/h12-15H,2-11H2,1H3;1H. The molecule has 0 aromatic heterocycles. The lowest BCUT2D eigenvalue weighted by Gasteiger charge is -2.29. The Morgan fingerprint density at radius 2 is 1.94 bits per heavy atom. The number of ether oxygens (including phenoxy) is 2. The van der Waals surface area contributed by atoms with Gasteiger partial charge in [0.15, 0.2) is 0 Å². The smallest absolute Gasteiger partial charge is 0.0599 e. The zero-order valence-electron chi connectivity index (χ0n) is 11.5. The second kappa shape index (κ2) is 9.13. The normalized spacial score (nSPS) is 32.8. The van der Waals surface area contributed by atoms with E-state index in [1.807, 2.05) is 7.11 Å². The first kappa shape index (κ1) is 16.2. The lowest BCUT2D eigenvalue weighted by molar-refractivity contribution is -0.0331. The van der Waals surface area contributed by atoms with E-state index in [2.05, 4.69) is 5.32 Å². The van der Waals surface area contributed by atoms with Gasteiger partial charge >= 0.3 is 0 Å². The van der Waals surface area contributed by atoms with Gasteiger partial charge < -0.3 is 14.8 Å². The molecule has 3 atom stereocenters. The van der Waals surface area contributed by atoms with E-state index in [1.165, 1.54) is 51.6 Å². The molecule has 1 saturated heterocycles. The summed E-state index contributed by atoms with van der Waals surface area (Å²) in [4.78, 5) is 0. The molecule has 1 saturated carbocycles. The maximum Gasteiger partial charge on any atom is 0.0599 e. The van der Waals surface area contributed by atoms with Crippen LogP contribution in [-0.2, 0) is 9.47 Å². The van der Waals surface area contributed by atoms with Crippen LogP contribution >= 0.6 is 12.4 Å². The Balaban J connectivity index is 0.00000162. The van der Waals surface area contributed by atoms with Crippen LogP contribution in [-0.4, -0.2) is 39.0 Å². The van der Waals surface area contributed by atoms with Gasteiger partial charge in [0.25, 0.3) is 0 Å². The Kier molecular flexibility index (Phi) is 8.23. The summed E-state index contributed by atoms with van der Waals surface area (Å²) in [6.45, 7) is 3.33. The van der Waals surface area contributed by atoms with Gasteiger partial charge in [0.2, 0.25) is 0 Å². The maximum atomic E-state index is 6.01. The number of hydrogen-bond donors (Lipinski definition) is 1. The first-order valence-corrected chi connectivity index (χ1v) is 7.23. The van der Waals surface area contributed by atoms with Crippen molar-refractivity contribution in [3.63, 3.8) is 0 Å². The van der Waals surface area contributed by atoms with Gasteiger partial charge in [-0.1, -0.05) is 0 Å². The average Bonchev–Trinajstić information content (AvgIpc) is 2.40. The van der Waals surface area contributed by atoms with Crippen LogP contribution in [0.3, 0.4) is 0 Å². The third kappa shape index (κ3) is 5.43. The Hall–Kier alpha value is 0.170. The first-order chi connectivity index (χ1) is 8.38. The lowest BCUT2D eigenvalue weighted by Crippen LogP contribution is -2.31. The summed E-state index contributed by atoms with van der Waals surface area (Å²) < 4.78 is 11.4. The van der Waals surface area contributed by atoms with E-state index < -0.39 is 0 Å². The molecule has 108 valence electrons. The van der Waals surface area contributed by atoms with Gasteiger partial charge in [-0.15, -0.1) is 12.4 Å². The van der Waals surface area contributed by atoms with E-state index >= 15 is 0 Å². The Bertz CT molecular complexity index is 210. The molecule has 18 heavy (non-hydrogen) atoms. The van der Waals surface area contributed by atoms with Crippen LogP contribution in [0.5, 0.6) is 0 Å². The minimum atomic E-state index is 0. The molecule has 1 heterocycles. The van der Waals surface area contributed by atoms with Crippen molar-refractivity contribution in [1.29, 1.82) is 0 Å². The number of hydrogen-bond acceptors (Lipinski definition) is 3. The number of methoxy groups -OCH3 is 1. The average molecular weight is 278 g/mol. The number of piperidine rings is 1. The highest BCUT2D eigenvalue weighted by atomic mass is 35.5. The highest BCUT2D eigenvalue weighted by molar-refractivity contribution is 5.85. The van der Waals surface area contributed by atoms with Crippen molar-refractivity contribution in [2.24, 2.45) is 5.92 Å². The number of rotatable bonds is 5. The third-order valence-corrected chi connectivity index (χ3v) is 4.19. The Morgan fingerprint density at radius 3 is 2.67 bits per heavy atom. The van der Waals surface area contributed by atoms with Crippen LogP contribution in [0.15, 0.2) is 0 Å². The largest absolute Gasteiger partial charge is 0.381 e. The molecule has 3 unspecified atom stereocenters. The van der Waals surface area contributed by atoms with Crippen molar-refractivity contribution < 1.29 is 9.47 Å². The molecule has 0 aromatic carbocycles. The third-order valence-electron chi connectivity index (χ3n) is 4.19. The van der Waals surface area contributed by atoms with Crippen molar-refractivity contribution in [2.75, 3.05) is 26.8 Å². The molecule has 1 N–H and O–H groups in total. The summed E-state index contributed by atoms with van der Waals surface area (Å²) in [5, 5.41) is 3.46. The second-order valence-electron chi connectivity index (χ2n) is 5.52. The summed E-state index contributed by atoms with van der Waals surface area (Å²) in [6, 6.07) is 0. The summed E-state index contributed by atoms with van der Waals surface area (Å²) in [7, 11) is 1.82. The summed E-state index contributed by atoms with van der Waals surface area (Å²) >= 11 is 0. The van der Waals surface area contributed by atoms with Crippen LogP contribution in [0.2, 0.25) is 0 Å². The van der Waals surface area contributed by atoms with Gasteiger partial charge in [-0.2, -0.15) is 0 Å². The van der Waals surface area contributed by atoms with Crippen LogP contribution in [0.1, 0.15) is 44.9 Å². The van der Waals surface area contributed by atoms with Gasteiger partial charge in [-0.05, 0) is 64.0 Å². The molecule has 0 radical (unpaired) electrons. The molecule has 0 aromatic rings. The zero-order valence-corrected chi connectivity index (χ0v) is 12.3. The van der Waals surface area contributed by atoms with E-state index in [9.17, 15) is 0 Å². The SMILES string of the molecule is COC1CCCC(OCCC2CCCNC2)C1.Cl. The van der Waals surface area contributed by atoms with E-state index in [-0.39, 0.29) is 12.4 Å². The fourth-order valence-corrected chi connectivity index (χ4v) is 3.04. The minimum absolute atomic E-state index is 0. The van der Waals surface area contributed by atoms with Crippen molar-refractivity contribution in [2.45, 2.75) is 57.2 Å². The van der Waals surface area contributed by atoms with Gasteiger partial charge in [0.05, 0.1) is 12.2 Å². The molecule has 4 heteroatoms. The molecule has 0 spiro atoms. The van der Waals surface area contributed by atoms with Crippen LogP contribution in [0, 0.1) is 5.92 Å². The zero-order chi connectivity index (χ0) is 11.9. The minimum Gasteiger partial charge on any atom is -0.381 e. The molecule has 3 nitrogen and oxygen atoms in total. The molecular formula is C14H28ClNO2. The molecule has 1 aliphatic heterocycles. The summed E-state index contributed by atoms with van der Waals surface area (Å²) in [5.74, 6) is 0.838. The van der Waals surface area contributed by atoms with Crippen LogP contribution < -0.4 is 5.32 Å². The predicted octanol–water partition coefficient (Wildman–Crippen LogP) is 2.77. The van der Waals surface area contributed by atoms with Crippen molar-refractivity contribution >= 4 is 12.4 Å². The van der Waals surface area contributed by atoms with E-state index in [4.69, 9.17) is 9.47 Å². The van der Waals surface area contributed by atoms with Gasteiger partial charge in [-0.25, -0.2) is 0 Å². The number of halogens is 1. The van der Waals surface area contributed by atoms with E-state index in [0.717, 1.165) is 18.9 Å². The van der Waals surface area contributed by atoms with E-state index in [0.29, 0.717) is 12.2 Å². The fraction of sp³-hybridized carbons (Fsp3) is 1.00. The quantitative estimate of drug-likeness (QED) is 0.838. The highest BCUT2D eigenvalue weighted by Gasteiger charge is 2.22. The van der Waals surface area contributed by atoms with Crippen molar-refractivity contribution in [1.82, 2.24) is 5.32 Å². The second-order valence-corrected chi connectivity index (χ2v) is 5.52. The molecule has 1 aliphatic carbocycles. The topological polar surface area (TPSA) is 30.5 Å². The summed E-state index contributed by atoms with van der Waals surface area (Å²) in [6.07, 6.45) is 9.61. The molecule has 2 fully saturated rings. The van der Waals surface area contributed by atoms with Crippen LogP contribution in [0.25, 0.3) is 0 Å². The molecular weight excluding hydrogens is 250 g/mol. The predicted molar refractivity (Wildman–Crippen MR) is 76.5 cm³/mol. The Labute approximate surface area is 117 Å². The van der Waals surface area contributed by atoms with Crippen molar-refractivity contribution in [3.05, 3.63) is 0 Å². The van der Waals surface area contributed by atoms with Crippen molar-refractivity contribution in [3.8, 4) is 0 Å². The monoisotopic (exact) mass is 277 g/mol. The summed E-state index contributed by atoms with van der Waals surface area (Å²) in [5.41, 5.74) is 0. The highest BCUT2D eigenvalue weighted by Crippen LogP contribution is 2.23. The number of nitrogens with one attached hydrogen (secondary N) is 1. The fourth-order valence-electron chi connectivity index (χ4n) is 3.04. The molecule has 2 rings (SSSR count). The lowest BCUT2D eigenvalue weighted by atomic mass is 9.94. The van der Waals surface area contributed by atoms with E-state index in [1.54, 1.807) is 0 Å². The van der Waals surface area contributed by atoms with Gasteiger partial charge in [0, 0.05) is 13.7 Å². The van der Waals surface area contributed by atoms with Crippen LogP contribution in [0.4, 0.5) is 0 Å². The molecule has 2 aliphatic rings.